The number of hydrogen-bond donors (Lipinski definition) is 2. The molecule has 0 aliphatic rings. The van der Waals surface area contributed by atoms with Crippen LogP contribution in [-0.2, 0) is 11.3 Å². The van der Waals surface area contributed by atoms with Gasteiger partial charge in [-0.05, 0) is 18.6 Å². The summed E-state index contributed by atoms with van der Waals surface area (Å²) in [4.78, 5) is 15.5. The highest BCUT2D eigenvalue weighted by Crippen LogP contribution is 2.01. The van der Waals surface area contributed by atoms with Crippen LogP contribution in [0.15, 0.2) is 18.3 Å². The summed E-state index contributed by atoms with van der Waals surface area (Å²) < 4.78 is 0. The van der Waals surface area contributed by atoms with Gasteiger partial charge in [-0.3, -0.25) is 15.1 Å². The van der Waals surface area contributed by atoms with Gasteiger partial charge in [-0.2, -0.15) is 0 Å². The van der Waals surface area contributed by atoms with E-state index in [0.29, 0.717) is 13.1 Å². The van der Waals surface area contributed by atoms with Crippen LogP contribution in [0, 0.1) is 19.3 Å². The van der Waals surface area contributed by atoms with Gasteiger partial charge in [-0.25, -0.2) is 0 Å². The predicted molar refractivity (Wildman–Crippen MR) is 62.5 cm³/mol. The van der Waals surface area contributed by atoms with Crippen LogP contribution >= 0.6 is 0 Å². The highest BCUT2D eigenvalue weighted by Gasteiger charge is 2.02. The molecule has 1 aromatic heterocycles. The molecule has 1 heterocycles. The smallest absolute Gasteiger partial charge is 0.234 e. The molecule has 0 atom stereocenters. The molecule has 1 rings (SSSR count). The molecular formula is C12H15N3O. The van der Waals surface area contributed by atoms with E-state index in [1.807, 2.05) is 19.1 Å². The van der Waals surface area contributed by atoms with E-state index >= 15 is 0 Å². The third kappa shape index (κ3) is 4.11. The number of amides is 1. The van der Waals surface area contributed by atoms with E-state index in [0.717, 1.165) is 11.3 Å². The molecule has 0 aromatic carbocycles. The summed E-state index contributed by atoms with van der Waals surface area (Å²) in [5.41, 5.74) is 1.95. The van der Waals surface area contributed by atoms with Crippen molar-refractivity contribution in [1.82, 2.24) is 15.6 Å². The molecule has 84 valence electrons. The molecule has 0 aliphatic heterocycles. The number of aryl methyl sites for hydroxylation is 1. The number of nitrogens with zero attached hydrogens (tertiary/aromatic N) is 1. The Morgan fingerprint density at radius 1 is 1.62 bits per heavy atom. The Labute approximate surface area is 95.5 Å². The fourth-order valence-electron chi connectivity index (χ4n) is 1.20. The summed E-state index contributed by atoms with van der Waals surface area (Å²) in [5.74, 6) is 2.32. The van der Waals surface area contributed by atoms with Gasteiger partial charge in [0.1, 0.15) is 0 Å². The lowest BCUT2D eigenvalue weighted by molar-refractivity contribution is -0.120. The molecule has 0 unspecified atom stereocenters. The Bertz CT molecular complexity index is 395. The Kier molecular flexibility index (Phi) is 5.03. The van der Waals surface area contributed by atoms with Crippen LogP contribution in [0.3, 0.4) is 0 Å². The average molecular weight is 217 g/mol. The standard InChI is InChI=1S/C12H15N3O/c1-3-6-13-9-12(16)15-8-11-10(2)5-4-7-14-11/h1,4-5,7,13H,6,8-9H2,2H3,(H,15,16). The quantitative estimate of drug-likeness (QED) is 0.548. The van der Waals surface area contributed by atoms with E-state index in [-0.39, 0.29) is 12.5 Å². The molecule has 16 heavy (non-hydrogen) atoms. The molecule has 0 saturated heterocycles. The first kappa shape index (κ1) is 12.2. The van der Waals surface area contributed by atoms with Crippen LogP contribution in [0.4, 0.5) is 0 Å². The van der Waals surface area contributed by atoms with E-state index in [1.165, 1.54) is 0 Å². The summed E-state index contributed by atoms with van der Waals surface area (Å²) in [6.07, 6.45) is 6.76. The lowest BCUT2D eigenvalue weighted by Gasteiger charge is -2.06. The molecule has 0 spiro atoms. The number of terminal acetylenes is 1. The first-order chi connectivity index (χ1) is 7.74. The zero-order chi connectivity index (χ0) is 11.8. The van der Waals surface area contributed by atoms with Crippen molar-refractivity contribution in [3.8, 4) is 12.3 Å². The first-order valence-electron chi connectivity index (χ1n) is 5.05. The second-order valence-corrected chi connectivity index (χ2v) is 3.35. The third-order valence-corrected chi connectivity index (χ3v) is 2.08. The van der Waals surface area contributed by atoms with E-state index in [9.17, 15) is 4.79 Å². The van der Waals surface area contributed by atoms with E-state index in [4.69, 9.17) is 6.42 Å². The van der Waals surface area contributed by atoms with Crippen molar-refractivity contribution in [1.29, 1.82) is 0 Å². The molecular weight excluding hydrogens is 202 g/mol. The van der Waals surface area contributed by atoms with Crippen LogP contribution in [0.2, 0.25) is 0 Å². The molecule has 0 saturated carbocycles. The van der Waals surface area contributed by atoms with Crippen molar-refractivity contribution < 1.29 is 4.79 Å². The summed E-state index contributed by atoms with van der Waals surface area (Å²) >= 11 is 0. The largest absolute Gasteiger partial charge is 0.349 e. The van der Waals surface area contributed by atoms with Crippen molar-refractivity contribution in [3.05, 3.63) is 29.6 Å². The van der Waals surface area contributed by atoms with Crippen LogP contribution in [0.25, 0.3) is 0 Å². The van der Waals surface area contributed by atoms with Gasteiger partial charge in [0.2, 0.25) is 5.91 Å². The maximum Gasteiger partial charge on any atom is 0.234 e. The van der Waals surface area contributed by atoms with Crippen molar-refractivity contribution in [2.45, 2.75) is 13.5 Å². The van der Waals surface area contributed by atoms with Gasteiger partial charge in [0, 0.05) is 6.20 Å². The number of carbonyl (C=O) groups excluding carboxylic acids is 1. The van der Waals surface area contributed by atoms with E-state index in [1.54, 1.807) is 6.20 Å². The number of hydrogen-bond acceptors (Lipinski definition) is 3. The van der Waals surface area contributed by atoms with Gasteiger partial charge in [-0.15, -0.1) is 6.42 Å². The summed E-state index contributed by atoms with van der Waals surface area (Å²) in [6.45, 7) is 3.04. The Morgan fingerprint density at radius 2 is 2.44 bits per heavy atom. The predicted octanol–water partition coefficient (Wildman–Crippen LogP) is 0.229. The molecule has 0 fully saturated rings. The molecule has 0 bridgehead atoms. The minimum atomic E-state index is -0.0831. The molecule has 4 heteroatoms. The van der Waals surface area contributed by atoms with Crippen LogP contribution in [0.1, 0.15) is 11.3 Å². The summed E-state index contributed by atoms with van der Waals surface area (Å²) in [7, 11) is 0. The number of nitrogens with one attached hydrogen (secondary N) is 2. The highest BCUT2D eigenvalue weighted by atomic mass is 16.1. The van der Waals surface area contributed by atoms with Gasteiger partial charge in [0.15, 0.2) is 0 Å². The Hall–Kier alpha value is -1.86. The second-order valence-electron chi connectivity index (χ2n) is 3.35. The summed E-state index contributed by atoms with van der Waals surface area (Å²) in [6, 6.07) is 3.83. The molecule has 2 N–H and O–H groups in total. The zero-order valence-corrected chi connectivity index (χ0v) is 9.29. The van der Waals surface area contributed by atoms with Gasteiger partial charge in [0.25, 0.3) is 0 Å². The molecule has 0 aliphatic carbocycles. The number of rotatable bonds is 5. The topological polar surface area (TPSA) is 54.0 Å². The maximum absolute atomic E-state index is 11.3. The highest BCUT2D eigenvalue weighted by molar-refractivity contribution is 5.77. The lowest BCUT2D eigenvalue weighted by Crippen LogP contribution is -2.33. The lowest BCUT2D eigenvalue weighted by atomic mass is 10.2. The summed E-state index contributed by atoms with van der Waals surface area (Å²) in [5, 5.41) is 5.58. The molecule has 1 amide bonds. The fourth-order valence-corrected chi connectivity index (χ4v) is 1.20. The minimum Gasteiger partial charge on any atom is -0.349 e. The van der Waals surface area contributed by atoms with Crippen molar-refractivity contribution in [2.75, 3.05) is 13.1 Å². The van der Waals surface area contributed by atoms with Gasteiger partial charge >= 0.3 is 0 Å². The first-order valence-corrected chi connectivity index (χ1v) is 5.05. The maximum atomic E-state index is 11.3. The van der Waals surface area contributed by atoms with Crippen molar-refractivity contribution in [2.24, 2.45) is 0 Å². The van der Waals surface area contributed by atoms with E-state index in [2.05, 4.69) is 21.5 Å². The van der Waals surface area contributed by atoms with Crippen molar-refractivity contribution >= 4 is 5.91 Å². The zero-order valence-electron chi connectivity index (χ0n) is 9.29. The normalized spacial score (nSPS) is 9.50. The molecule has 4 nitrogen and oxygen atoms in total. The molecule has 0 radical (unpaired) electrons. The Morgan fingerprint density at radius 3 is 3.12 bits per heavy atom. The number of carbonyl (C=O) groups is 1. The minimum absolute atomic E-state index is 0.0831. The molecule has 1 aromatic rings. The van der Waals surface area contributed by atoms with Gasteiger partial charge in [0.05, 0.1) is 25.3 Å². The number of aromatic nitrogens is 1. The van der Waals surface area contributed by atoms with Crippen LogP contribution in [-0.4, -0.2) is 24.0 Å². The van der Waals surface area contributed by atoms with E-state index < -0.39 is 0 Å². The Balaban J connectivity index is 2.32. The number of pyridine rings is 1. The fraction of sp³-hybridized carbons (Fsp3) is 0.333. The van der Waals surface area contributed by atoms with Gasteiger partial charge in [-0.1, -0.05) is 12.0 Å². The van der Waals surface area contributed by atoms with Crippen LogP contribution in [0.5, 0.6) is 0 Å². The van der Waals surface area contributed by atoms with Gasteiger partial charge < -0.3 is 5.32 Å². The monoisotopic (exact) mass is 217 g/mol. The SMILES string of the molecule is C#CCNCC(=O)NCc1ncccc1C. The third-order valence-electron chi connectivity index (χ3n) is 2.08. The average Bonchev–Trinajstić information content (AvgIpc) is 2.28. The second kappa shape index (κ2) is 6.59. The van der Waals surface area contributed by atoms with Crippen LogP contribution < -0.4 is 10.6 Å². The van der Waals surface area contributed by atoms with Crippen molar-refractivity contribution in [3.63, 3.8) is 0 Å².